The molecule has 2 aromatic carbocycles. The number of halogens is 1. The number of rotatable bonds is 10. The minimum atomic E-state index is -0.204. The van der Waals surface area contributed by atoms with Gasteiger partial charge in [-0.05, 0) is 38.4 Å². The summed E-state index contributed by atoms with van der Waals surface area (Å²) in [6, 6.07) is 10.9. The van der Waals surface area contributed by atoms with Crippen molar-refractivity contribution in [1.29, 1.82) is 0 Å². The Morgan fingerprint density at radius 1 is 0.906 bits per heavy atom. The number of anilines is 1. The van der Waals surface area contributed by atoms with Gasteiger partial charge in [0.2, 0.25) is 0 Å². The van der Waals surface area contributed by atoms with Gasteiger partial charge in [-0.2, -0.15) is 0 Å². The molecule has 1 aromatic heterocycles. The zero-order chi connectivity index (χ0) is 22.4. The van der Waals surface area contributed by atoms with Crippen LogP contribution in [0.1, 0.15) is 0 Å². The second-order valence-electron chi connectivity index (χ2n) is 6.93. The van der Waals surface area contributed by atoms with E-state index in [1.807, 2.05) is 37.2 Å². The zero-order valence-electron chi connectivity index (χ0n) is 18.8. The van der Waals surface area contributed by atoms with Gasteiger partial charge in [-0.3, -0.25) is 9.69 Å². The van der Waals surface area contributed by atoms with Crippen molar-refractivity contribution in [3.8, 4) is 23.0 Å². The molecule has 0 aliphatic carbocycles. The van der Waals surface area contributed by atoms with Crippen molar-refractivity contribution in [1.82, 2.24) is 9.88 Å². The number of methoxy groups -OCH3 is 3. The van der Waals surface area contributed by atoms with Crippen molar-refractivity contribution in [3.05, 3.63) is 36.4 Å². The number of likely N-dealkylation sites (N-methyl/N-ethyl adjacent to an activating group) is 1. The molecule has 0 fully saturated rings. The molecule has 0 spiro atoms. The van der Waals surface area contributed by atoms with Gasteiger partial charge in [0.15, 0.2) is 23.2 Å². The van der Waals surface area contributed by atoms with Crippen LogP contribution in [0.15, 0.2) is 36.4 Å². The van der Waals surface area contributed by atoms with Crippen LogP contribution in [-0.2, 0) is 4.79 Å². The van der Waals surface area contributed by atoms with E-state index in [2.05, 4.69) is 0 Å². The highest BCUT2D eigenvalue weighted by Crippen LogP contribution is 2.40. The van der Waals surface area contributed by atoms with Crippen molar-refractivity contribution in [2.45, 2.75) is 0 Å². The first kappa shape index (κ1) is 25.5. The van der Waals surface area contributed by atoms with Gasteiger partial charge in [0.25, 0.3) is 5.91 Å². The van der Waals surface area contributed by atoms with E-state index in [1.165, 1.54) is 11.3 Å². The smallest absolute Gasteiger partial charge is 0.266 e. The zero-order valence-corrected chi connectivity index (χ0v) is 20.4. The van der Waals surface area contributed by atoms with E-state index in [-0.39, 0.29) is 24.9 Å². The molecule has 3 aromatic rings. The summed E-state index contributed by atoms with van der Waals surface area (Å²) < 4.78 is 22.8. The Kier molecular flexibility index (Phi) is 9.37. The number of hydrogen-bond acceptors (Lipinski definition) is 8. The van der Waals surface area contributed by atoms with Crippen molar-refractivity contribution in [2.24, 2.45) is 0 Å². The van der Waals surface area contributed by atoms with Crippen molar-refractivity contribution in [3.63, 3.8) is 0 Å². The van der Waals surface area contributed by atoms with Crippen LogP contribution >= 0.6 is 23.7 Å². The van der Waals surface area contributed by atoms with Crippen LogP contribution in [-0.4, -0.2) is 70.9 Å². The molecule has 8 nitrogen and oxygen atoms in total. The number of carbonyl (C=O) groups is 1. The summed E-state index contributed by atoms with van der Waals surface area (Å²) in [7, 11) is 8.68. The highest BCUT2D eigenvalue weighted by molar-refractivity contribution is 7.22. The first-order chi connectivity index (χ1) is 15.0. The van der Waals surface area contributed by atoms with Crippen LogP contribution < -0.4 is 23.8 Å². The molecule has 0 bridgehead atoms. The third-order valence-corrected chi connectivity index (χ3v) is 5.71. The van der Waals surface area contributed by atoms with Crippen molar-refractivity contribution in [2.75, 3.05) is 60.0 Å². The van der Waals surface area contributed by atoms with Crippen LogP contribution in [0.25, 0.3) is 10.2 Å². The van der Waals surface area contributed by atoms with Gasteiger partial charge in [0.1, 0.15) is 21.7 Å². The van der Waals surface area contributed by atoms with Crippen molar-refractivity contribution < 1.29 is 23.7 Å². The average molecular weight is 482 g/mol. The molecular weight excluding hydrogens is 454 g/mol. The van der Waals surface area contributed by atoms with Crippen LogP contribution in [0.5, 0.6) is 23.0 Å². The van der Waals surface area contributed by atoms with Gasteiger partial charge in [-0.25, -0.2) is 4.98 Å². The number of para-hydroxylation sites is 2. The molecule has 0 saturated heterocycles. The van der Waals surface area contributed by atoms with Crippen LogP contribution in [0.2, 0.25) is 0 Å². The molecule has 0 unspecified atom stereocenters. The first-order valence-electron chi connectivity index (χ1n) is 9.71. The van der Waals surface area contributed by atoms with E-state index in [4.69, 9.17) is 23.9 Å². The molecule has 0 aliphatic heterocycles. The molecule has 0 saturated carbocycles. The largest absolute Gasteiger partial charge is 0.495 e. The lowest BCUT2D eigenvalue weighted by Crippen LogP contribution is -2.39. The van der Waals surface area contributed by atoms with Crippen LogP contribution in [0, 0.1) is 0 Å². The maximum atomic E-state index is 13.2. The lowest BCUT2D eigenvalue weighted by molar-refractivity contribution is -0.120. The number of hydrogen-bond donors (Lipinski definition) is 0. The normalized spacial score (nSPS) is 10.6. The summed E-state index contributed by atoms with van der Waals surface area (Å²) in [5.74, 6) is 2.20. The van der Waals surface area contributed by atoms with E-state index in [9.17, 15) is 4.79 Å². The number of ether oxygens (including phenoxy) is 4. The number of benzene rings is 2. The molecule has 32 heavy (non-hydrogen) atoms. The summed E-state index contributed by atoms with van der Waals surface area (Å²) in [5.41, 5.74) is 0.662. The van der Waals surface area contributed by atoms with Gasteiger partial charge in [-0.15, -0.1) is 12.4 Å². The fraction of sp³-hybridized carbons (Fsp3) is 0.364. The number of thiazole rings is 1. The predicted octanol–water partition coefficient (Wildman–Crippen LogP) is 3.72. The monoisotopic (exact) mass is 481 g/mol. The Balaban J connectivity index is 0.00000363. The molecule has 174 valence electrons. The van der Waals surface area contributed by atoms with Gasteiger partial charge in [0, 0.05) is 13.1 Å². The standard InChI is InChI=1S/C22H27N3O5S.ClH/c1-24(2)12-13-25(19(26)14-30-16-9-7-6-8-15(16)27-3)22-23-20-17(28-4)10-11-18(29-5)21(20)31-22;/h6-11H,12-14H2,1-5H3;1H. The molecule has 0 radical (unpaired) electrons. The Morgan fingerprint density at radius 2 is 1.53 bits per heavy atom. The van der Waals surface area contributed by atoms with Crippen molar-refractivity contribution >= 4 is 45.0 Å². The molecule has 1 amide bonds. The third kappa shape index (κ3) is 5.73. The maximum Gasteiger partial charge on any atom is 0.266 e. The highest BCUT2D eigenvalue weighted by atomic mass is 35.5. The maximum absolute atomic E-state index is 13.2. The summed E-state index contributed by atoms with van der Waals surface area (Å²) in [6.07, 6.45) is 0. The Labute approximate surface area is 198 Å². The average Bonchev–Trinajstić information content (AvgIpc) is 3.22. The number of carbonyl (C=O) groups excluding carboxylic acids is 1. The minimum absolute atomic E-state index is 0. The van der Waals surface area contributed by atoms with Gasteiger partial charge in [0.05, 0.1) is 21.3 Å². The number of amides is 1. The Morgan fingerprint density at radius 3 is 2.16 bits per heavy atom. The molecular formula is C22H28ClN3O5S. The Bertz CT molecular complexity index is 1000. The minimum Gasteiger partial charge on any atom is -0.495 e. The molecule has 3 rings (SSSR count). The van der Waals surface area contributed by atoms with E-state index < -0.39 is 0 Å². The molecule has 0 N–H and O–H groups in total. The van der Waals surface area contributed by atoms with Gasteiger partial charge >= 0.3 is 0 Å². The summed E-state index contributed by atoms with van der Waals surface area (Å²) in [5, 5.41) is 0.563. The Hall–Kier alpha value is -2.75. The van der Waals surface area contributed by atoms with Crippen LogP contribution in [0.3, 0.4) is 0 Å². The predicted molar refractivity (Wildman–Crippen MR) is 129 cm³/mol. The highest BCUT2D eigenvalue weighted by Gasteiger charge is 2.23. The van der Waals surface area contributed by atoms with Crippen LogP contribution in [0.4, 0.5) is 5.13 Å². The van der Waals surface area contributed by atoms with Gasteiger partial charge in [-0.1, -0.05) is 23.5 Å². The second-order valence-corrected chi connectivity index (χ2v) is 7.91. The van der Waals surface area contributed by atoms with E-state index in [0.29, 0.717) is 46.7 Å². The second kappa shape index (κ2) is 11.8. The summed E-state index contributed by atoms with van der Waals surface area (Å²) in [4.78, 5) is 21.5. The topological polar surface area (TPSA) is 73.4 Å². The molecule has 1 heterocycles. The first-order valence-corrected chi connectivity index (χ1v) is 10.5. The summed E-state index contributed by atoms with van der Waals surface area (Å²) in [6.45, 7) is 0.994. The third-order valence-electron chi connectivity index (χ3n) is 4.62. The SMILES string of the molecule is COc1ccccc1OCC(=O)N(CCN(C)C)c1nc2c(OC)ccc(OC)c2s1.Cl. The number of fused-ring (bicyclic) bond motifs is 1. The van der Waals surface area contributed by atoms with E-state index in [0.717, 1.165) is 4.70 Å². The number of aromatic nitrogens is 1. The van der Waals surface area contributed by atoms with E-state index in [1.54, 1.807) is 44.4 Å². The molecule has 0 aliphatic rings. The fourth-order valence-electron chi connectivity index (χ4n) is 2.97. The molecule has 0 atom stereocenters. The lowest BCUT2D eigenvalue weighted by Gasteiger charge is -2.22. The van der Waals surface area contributed by atoms with Gasteiger partial charge < -0.3 is 23.8 Å². The quantitative estimate of drug-likeness (QED) is 0.437. The van der Waals surface area contributed by atoms with E-state index >= 15 is 0 Å². The summed E-state index contributed by atoms with van der Waals surface area (Å²) >= 11 is 1.39. The lowest BCUT2D eigenvalue weighted by atomic mass is 10.3. The molecule has 10 heteroatoms. The fourth-order valence-corrected chi connectivity index (χ4v) is 4.09. The number of nitrogens with zero attached hydrogens (tertiary/aromatic N) is 3.